The van der Waals surface area contributed by atoms with Crippen molar-refractivity contribution >= 4 is 5.97 Å². The Labute approximate surface area is 72.9 Å². The zero-order chi connectivity index (χ0) is 9.40. The molecule has 0 radical (unpaired) electrons. The molecule has 0 rings (SSSR count). The Hall–Kier alpha value is -0.610. The van der Waals surface area contributed by atoms with Gasteiger partial charge in [-0.15, -0.1) is 0 Å². The molecule has 0 amide bonds. The number of hydrogen-bond donors (Lipinski definition) is 2. The van der Waals surface area contributed by atoms with E-state index in [2.05, 4.69) is 5.32 Å². The van der Waals surface area contributed by atoms with Crippen molar-refractivity contribution in [3.63, 3.8) is 0 Å². The average molecular weight is 175 g/mol. The SMILES string of the molecule is CCCCC(NCOC)C(=O)O. The van der Waals surface area contributed by atoms with Crippen molar-refractivity contribution in [1.82, 2.24) is 5.32 Å². The number of nitrogens with one attached hydrogen (secondary N) is 1. The number of unbranched alkanes of at least 4 members (excludes halogenated alkanes) is 1. The summed E-state index contributed by atoms with van der Waals surface area (Å²) in [6.07, 6.45) is 2.60. The van der Waals surface area contributed by atoms with Crippen LogP contribution in [-0.2, 0) is 9.53 Å². The highest BCUT2D eigenvalue weighted by Crippen LogP contribution is 2.00. The fourth-order valence-electron chi connectivity index (χ4n) is 0.905. The van der Waals surface area contributed by atoms with Crippen molar-refractivity contribution in [2.75, 3.05) is 13.8 Å². The quantitative estimate of drug-likeness (QED) is 0.562. The molecule has 0 heterocycles. The summed E-state index contributed by atoms with van der Waals surface area (Å²) in [5.74, 6) is -0.805. The summed E-state index contributed by atoms with van der Waals surface area (Å²) in [7, 11) is 1.53. The number of aliphatic carboxylic acids is 1. The molecule has 4 heteroatoms. The summed E-state index contributed by atoms with van der Waals surface area (Å²) in [4.78, 5) is 10.6. The molecule has 0 saturated heterocycles. The maximum atomic E-state index is 10.6. The molecule has 0 aliphatic carbocycles. The third-order valence-corrected chi connectivity index (χ3v) is 1.62. The summed E-state index contributed by atoms with van der Waals surface area (Å²) in [5, 5.41) is 11.5. The van der Waals surface area contributed by atoms with E-state index in [1.54, 1.807) is 0 Å². The number of carbonyl (C=O) groups is 1. The Morgan fingerprint density at radius 2 is 2.33 bits per heavy atom. The molecule has 1 atom stereocenters. The predicted octanol–water partition coefficient (Wildman–Crippen LogP) is 0.823. The fourth-order valence-corrected chi connectivity index (χ4v) is 0.905. The van der Waals surface area contributed by atoms with Gasteiger partial charge in [-0.05, 0) is 6.42 Å². The number of rotatable bonds is 7. The van der Waals surface area contributed by atoms with Crippen LogP contribution >= 0.6 is 0 Å². The van der Waals surface area contributed by atoms with Crippen LogP contribution in [0, 0.1) is 0 Å². The van der Waals surface area contributed by atoms with E-state index >= 15 is 0 Å². The van der Waals surface area contributed by atoms with E-state index in [4.69, 9.17) is 9.84 Å². The van der Waals surface area contributed by atoms with Gasteiger partial charge in [-0.1, -0.05) is 19.8 Å². The van der Waals surface area contributed by atoms with Gasteiger partial charge < -0.3 is 9.84 Å². The van der Waals surface area contributed by atoms with Gasteiger partial charge in [-0.25, -0.2) is 0 Å². The van der Waals surface area contributed by atoms with Gasteiger partial charge in [0.1, 0.15) is 6.04 Å². The number of carboxylic acid groups (broad SMARTS) is 1. The van der Waals surface area contributed by atoms with Gasteiger partial charge in [-0.2, -0.15) is 0 Å². The summed E-state index contributed by atoms with van der Waals surface area (Å²) < 4.78 is 4.73. The fraction of sp³-hybridized carbons (Fsp3) is 0.875. The van der Waals surface area contributed by atoms with Gasteiger partial charge in [0.25, 0.3) is 0 Å². The second-order valence-corrected chi connectivity index (χ2v) is 2.67. The lowest BCUT2D eigenvalue weighted by molar-refractivity contribution is -0.140. The summed E-state index contributed by atoms with van der Waals surface area (Å²) in [6.45, 7) is 2.33. The van der Waals surface area contributed by atoms with E-state index in [1.807, 2.05) is 6.92 Å². The Morgan fingerprint density at radius 3 is 2.75 bits per heavy atom. The first kappa shape index (κ1) is 11.4. The van der Waals surface area contributed by atoms with Gasteiger partial charge in [0.2, 0.25) is 0 Å². The number of carboxylic acids is 1. The zero-order valence-corrected chi connectivity index (χ0v) is 7.67. The van der Waals surface area contributed by atoms with Crippen molar-refractivity contribution in [1.29, 1.82) is 0 Å². The van der Waals surface area contributed by atoms with Crippen LogP contribution in [0.1, 0.15) is 26.2 Å². The second kappa shape index (κ2) is 7.06. The maximum absolute atomic E-state index is 10.6. The van der Waals surface area contributed by atoms with E-state index in [9.17, 15) is 4.79 Å². The highest BCUT2D eigenvalue weighted by atomic mass is 16.5. The van der Waals surface area contributed by atoms with Crippen molar-refractivity contribution in [3.05, 3.63) is 0 Å². The van der Waals surface area contributed by atoms with Gasteiger partial charge in [0, 0.05) is 7.11 Å². The summed E-state index contributed by atoms with van der Waals surface area (Å²) >= 11 is 0. The van der Waals surface area contributed by atoms with E-state index in [1.165, 1.54) is 7.11 Å². The molecule has 0 saturated carbocycles. The van der Waals surface area contributed by atoms with E-state index < -0.39 is 12.0 Å². The monoisotopic (exact) mass is 175 g/mol. The van der Waals surface area contributed by atoms with Crippen LogP contribution in [-0.4, -0.2) is 31.0 Å². The molecule has 2 N–H and O–H groups in total. The van der Waals surface area contributed by atoms with Crippen LogP contribution in [0.25, 0.3) is 0 Å². The average Bonchev–Trinajstić information content (AvgIpc) is 2.04. The van der Waals surface area contributed by atoms with Crippen LogP contribution in [0.4, 0.5) is 0 Å². The Kier molecular flexibility index (Phi) is 6.70. The standard InChI is InChI=1S/C8H17NO3/c1-3-4-5-7(8(10)11)9-6-12-2/h7,9H,3-6H2,1-2H3,(H,10,11). The minimum absolute atomic E-state index is 0.292. The third kappa shape index (κ3) is 5.09. The van der Waals surface area contributed by atoms with Crippen molar-refractivity contribution in [3.8, 4) is 0 Å². The van der Waals surface area contributed by atoms with E-state index in [0.717, 1.165) is 12.8 Å². The molecule has 4 nitrogen and oxygen atoms in total. The third-order valence-electron chi connectivity index (χ3n) is 1.62. The first-order chi connectivity index (χ1) is 5.72. The molecule has 1 unspecified atom stereocenters. The lowest BCUT2D eigenvalue weighted by Crippen LogP contribution is -2.37. The Bertz CT molecular complexity index is 119. The molecule has 0 aliphatic heterocycles. The predicted molar refractivity (Wildman–Crippen MR) is 46.0 cm³/mol. The molecular weight excluding hydrogens is 158 g/mol. The van der Waals surface area contributed by atoms with Crippen molar-refractivity contribution < 1.29 is 14.6 Å². The molecule has 0 aliphatic rings. The largest absolute Gasteiger partial charge is 0.480 e. The second-order valence-electron chi connectivity index (χ2n) is 2.67. The first-order valence-electron chi connectivity index (χ1n) is 4.17. The number of methoxy groups -OCH3 is 1. The van der Waals surface area contributed by atoms with Gasteiger partial charge in [-0.3, -0.25) is 10.1 Å². The minimum atomic E-state index is -0.805. The minimum Gasteiger partial charge on any atom is -0.480 e. The summed E-state index contributed by atoms with van der Waals surface area (Å²) in [5.41, 5.74) is 0. The van der Waals surface area contributed by atoms with Crippen LogP contribution in [0.5, 0.6) is 0 Å². The highest BCUT2D eigenvalue weighted by molar-refractivity contribution is 5.73. The number of ether oxygens (including phenoxy) is 1. The maximum Gasteiger partial charge on any atom is 0.320 e. The van der Waals surface area contributed by atoms with E-state index in [0.29, 0.717) is 13.2 Å². The topological polar surface area (TPSA) is 58.6 Å². The smallest absolute Gasteiger partial charge is 0.320 e. The summed E-state index contributed by atoms with van der Waals surface area (Å²) in [6, 6.07) is -0.468. The first-order valence-corrected chi connectivity index (χ1v) is 4.17. The number of hydrogen-bond acceptors (Lipinski definition) is 3. The lowest BCUT2D eigenvalue weighted by atomic mass is 10.1. The molecule has 0 spiro atoms. The van der Waals surface area contributed by atoms with Crippen LogP contribution < -0.4 is 5.32 Å². The molecule has 0 fully saturated rings. The van der Waals surface area contributed by atoms with Gasteiger partial charge in [0.15, 0.2) is 0 Å². The Balaban J connectivity index is 3.62. The molecule has 0 aromatic rings. The van der Waals surface area contributed by atoms with Crippen LogP contribution in [0.15, 0.2) is 0 Å². The molecule has 0 bridgehead atoms. The molecule has 12 heavy (non-hydrogen) atoms. The Morgan fingerprint density at radius 1 is 1.67 bits per heavy atom. The van der Waals surface area contributed by atoms with Crippen LogP contribution in [0.3, 0.4) is 0 Å². The normalized spacial score (nSPS) is 12.8. The lowest BCUT2D eigenvalue weighted by Gasteiger charge is -2.12. The van der Waals surface area contributed by atoms with Crippen molar-refractivity contribution in [2.45, 2.75) is 32.2 Å². The highest BCUT2D eigenvalue weighted by Gasteiger charge is 2.14. The van der Waals surface area contributed by atoms with Crippen molar-refractivity contribution in [2.24, 2.45) is 0 Å². The molecule has 0 aromatic carbocycles. The van der Waals surface area contributed by atoms with Gasteiger partial charge in [0.05, 0.1) is 6.73 Å². The zero-order valence-electron chi connectivity index (χ0n) is 7.67. The van der Waals surface area contributed by atoms with Gasteiger partial charge >= 0.3 is 5.97 Å². The molecule has 0 aromatic heterocycles. The molecule has 72 valence electrons. The van der Waals surface area contributed by atoms with E-state index in [-0.39, 0.29) is 0 Å². The molecular formula is C8H17NO3. The van der Waals surface area contributed by atoms with Crippen LogP contribution in [0.2, 0.25) is 0 Å².